The van der Waals surface area contributed by atoms with Crippen molar-refractivity contribution in [2.75, 3.05) is 38.2 Å². The fraction of sp³-hybridized carbons (Fsp3) is 0.259. The van der Waals surface area contributed by atoms with Crippen LogP contribution in [0.5, 0.6) is 5.75 Å². The molecule has 0 N–H and O–H groups in total. The molecule has 9 heteroatoms. The van der Waals surface area contributed by atoms with Crippen LogP contribution < -0.4 is 9.64 Å². The number of pyridine rings is 1. The van der Waals surface area contributed by atoms with Crippen LogP contribution in [-0.2, 0) is 11.3 Å². The molecular formula is C27H27FN6O2. The van der Waals surface area contributed by atoms with Crippen molar-refractivity contribution in [3.63, 3.8) is 0 Å². The number of carbonyl (C=O) groups excluding carboxylic acids is 1. The van der Waals surface area contributed by atoms with E-state index in [1.165, 1.54) is 12.1 Å². The minimum Gasteiger partial charge on any atom is -0.497 e. The number of benzene rings is 2. The van der Waals surface area contributed by atoms with Crippen LogP contribution in [0.25, 0.3) is 22.8 Å². The summed E-state index contributed by atoms with van der Waals surface area (Å²) in [5.41, 5.74) is 2.64. The van der Waals surface area contributed by atoms with Gasteiger partial charge in [-0.3, -0.25) is 4.79 Å². The Hall–Kier alpha value is -4.27. The second-order valence-electron chi connectivity index (χ2n) is 8.71. The van der Waals surface area contributed by atoms with E-state index in [2.05, 4.69) is 21.0 Å². The highest BCUT2D eigenvalue weighted by Crippen LogP contribution is 2.25. The second-order valence-corrected chi connectivity index (χ2v) is 8.71. The molecule has 1 saturated heterocycles. The SMILES string of the molecule is COc1ccc(-c2nc(-c3ccc(F)cc3)nn2CC(=O)N2CCN(c3cc(C)ccn3)CC2)cc1. The molecule has 0 unspecified atom stereocenters. The quantitative estimate of drug-likeness (QED) is 0.413. The van der Waals surface area contributed by atoms with Crippen LogP contribution in [0.4, 0.5) is 10.2 Å². The van der Waals surface area contributed by atoms with Crippen LogP contribution in [0, 0.1) is 12.7 Å². The van der Waals surface area contributed by atoms with Crippen molar-refractivity contribution >= 4 is 11.7 Å². The van der Waals surface area contributed by atoms with Gasteiger partial charge in [-0.2, -0.15) is 0 Å². The first-order chi connectivity index (χ1) is 17.5. The number of ether oxygens (including phenoxy) is 1. The third-order valence-corrected chi connectivity index (χ3v) is 6.26. The van der Waals surface area contributed by atoms with Crippen LogP contribution in [0.3, 0.4) is 0 Å². The first-order valence-corrected chi connectivity index (χ1v) is 11.8. The summed E-state index contributed by atoms with van der Waals surface area (Å²) < 4.78 is 20.3. The Morgan fingerprint density at radius 1 is 0.972 bits per heavy atom. The average molecular weight is 487 g/mol. The van der Waals surface area contributed by atoms with Gasteiger partial charge < -0.3 is 14.5 Å². The highest BCUT2D eigenvalue weighted by atomic mass is 19.1. The lowest BCUT2D eigenvalue weighted by Gasteiger charge is -2.35. The molecule has 1 fully saturated rings. The van der Waals surface area contributed by atoms with E-state index in [1.54, 1.807) is 23.9 Å². The molecular weight excluding hydrogens is 459 g/mol. The van der Waals surface area contributed by atoms with Gasteiger partial charge in [-0.1, -0.05) is 0 Å². The number of piperazine rings is 1. The predicted molar refractivity (Wildman–Crippen MR) is 135 cm³/mol. The zero-order valence-corrected chi connectivity index (χ0v) is 20.3. The van der Waals surface area contributed by atoms with Crippen LogP contribution in [0.1, 0.15) is 5.56 Å². The van der Waals surface area contributed by atoms with Gasteiger partial charge in [0.05, 0.1) is 7.11 Å². The minimum atomic E-state index is -0.330. The van der Waals surface area contributed by atoms with Crippen molar-refractivity contribution in [2.45, 2.75) is 13.5 Å². The Morgan fingerprint density at radius 3 is 2.33 bits per heavy atom. The maximum atomic E-state index is 13.4. The van der Waals surface area contributed by atoms with Crippen molar-refractivity contribution in [2.24, 2.45) is 0 Å². The molecule has 2 aromatic carbocycles. The van der Waals surface area contributed by atoms with E-state index in [9.17, 15) is 9.18 Å². The van der Waals surface area contributed by atoms with Gasteiger partial charge in [0.1, 0.15) is 23.9 Å². The molecule has 0 aliphatic carbocycles. The zero-order valence-electron chi connectivity index (χ0n) is 20.3. The van der Waals surface area contributed by atoms with Crippen molar-refractivity contribution in [3.05, 3.63) is 78.2 Å². The molecule has 0 atom stereocenters. The van der Waals surface area contributed by atoms with Crippen molar-refractivity contribution in [3.8, 4) is 28.5 Å². The summed E-state index contributed by atoms with van der Waals surface area (Å²) in [5, 5.41) is 4.62. The summed E-state index contributed by atoms with van der Waals surface area (Å²) in [5.74, 6) is 2.29. The molecule has 0 bridgehead atoms. The van der Waals surface area contributed by atoms with Crippen LogP contribution in [0.15, 0.2) is 66.9 Å². The summed E-state index contributed by atoms with van der Waals surface area (Å²) in [6.07, 6.45) is 1.81. The molecule has 184 valence electrons. The van der Waals surface area contributed by atoms with Gasteiger partial charge in [0.15, 0.2) is 11.6 Å². The fourth-order valence-corrected chi connectivity index (χ4v) is 4.23. The van der Waals surface area contributed by atoms with E-state index in [4.69, 9.17) is 9.72 Å². The summed E-state index contributed by atoms with van der Waals surface area (Å²) in [6.45, 7) is 4.73. The fourth-order valence-electron chi connectivity index (χ4n) is 4.23. The number of aromatic nitrogens is 4. The number of hydrogen-bond acceptors (Lipinski definition) is 6. The van der Waals surface area contributed by atoms with Crippen LogP contribution in [-0.4, -0.2) is 63.8 Å². The number of anilines is 1. The van der Waals surface area contributed by atoms with E-state index in [0.717, 1.165) is 22.7 Å². The lowest BCUT2D eigenvalue weighted by molar-refractivity contribution is -0.132. The number of nitrogens with zero attached hydrogens (tertiary/aromatic N) is 6. The second kappa shape index (κ2) is 10.2. The average Bonchev–Trinajstić information content (AvgIpc) is 3.33. The molecule has 1 aliphatic rings. The van der Waals surface area contributed by atoms with E-state index in [1.807, 2.05) is 48.4 Å². The molecule has 5 rings (SSSR count). The van der Waals surface area contributed by atoms with E-state index < -0.39 is 0 Å². The van der Waals surface area contributed by atoms with Gasteiger partial charge in [-0.25, -0.2) is 19.0 Å². The highest BCUT2D eigenvalue weighted by Gasteiger charge is 2.24. The Morgan fingerprint density at radius 2 is 1.67 bits per heavy atom. The molecule has 0 radical (unpaired) electrons. The molecule has 8 nitrogen and oxygen atoms in total. The third-order valence-electron chi connectivity index (χ3n) is 6.26. The lowest BCUT2D eigenvalue weighted by Crippen LogP contribution is -2.50. The monoisotopic (exact) mass is 486 g/mol. The Kier molecular flexibility index (Phi) is 6.62. The van der Waals surface area contributed by atoms with E-state index in [-0.39, 0.29) is 18.3 Å². The number of rotatable bonds is 6. The topological polar surface area (TPSA) is 76.4 Å². The van der Waals surface area contributed by atoms with Crippen LogP contribution in [0.2, 0.25) is 0 Å². The van der Waals surface area contributed by atoms with Gasteiger partial charge in [0.2, 0.25) is 5.91 Å². The predicted octanol–water partition coefficient (Wildman–Crippen LogP) is 3.81. The van der Waals surface area contributed by atoms with Gasteiger partial charge >= 0.3 is 0 Å². The number of amides is 1. The molecule has 3 heterocycles. The summed E-state index contributed by atoms with van der Waals surface area (Å²) in [6, 6.07) is 17.5. The summed E-state index contributed by atoms with van der Waals surface area (Å²) in [4.78, 5) is 26.5. The highest BCUT2D eigenvalue weighted by molar-refractivity contribution is 5.77. The Labute approximate surface area is 209 Å². The molecule has 36 heavy (non-hydrogen) atoms. The zero-order chi connectivity index (χ0) is 25.1. The maximum absolute atomic E-state index is 13.4. The van der Waals surface area contributed by atoms with Gasteiger partial charge in [0, 0.05) is 43.5 Å². The first kappa shape index (κ1) is 23.5. The molecule has 1 amide bonds. The molecule has 0 saturated carbocycles. The van der Waals surface area contributed by atoms with Crippen LogP contribution >= 0.6 is 0 Å². The van der Waals surface area contributed by atoms with Gasteiger partial charge in [-0.05, 0) is 73.2 Å². The molecule has 4 aromatic rings. The Bertz CT molecular complexity index is 1350. The number of carbonyl (C=O) groups is 1. The maximum Gasteiger partial charge on any atom is 0.244 e. The van der Waals surface area contributed by atoms with Crippen molar-refractivity contribution in [1.82, 2.24) is 24.6 Å². The number of halogens is 1. The summed E-state index contributed by atoms with van der Waals surface area (Å²) >= 11 is 0. The van der Waals surface area contributed by atoms with Gasteiger partial charge in [0.25, 0.3) is 0 Å². The summed E-state index contributed by atoms with van der Waals surface area (Å²) in [7, 11) is 1.61. The minimum absolute atomic E-state index is 0.0304. The van der Waals surface area contributed by atoms with E-state index in [0.29, 0.717) is 43.4 Å². The van der Waals surface area contributed by atoms with Crippen molar-refractivity contribution in [1.29, 1.82) is 0 Å². The largest absolute Gasteiger partial charge is 0.497 e. The number of aryl methyl sites for hydroxylation is 1. The molecule has 1 aliphatic heterocycles. The first-order valence-electron chi connectivity index (χ1n) is 11.8. The van der Waals surface area contributed by atoms with Gasteiger partial charge in [-0.15, -0.1) is 5.10 Å². The van der Waals surface area contributed by atoms with E-state index >= 15 is 0 Å². The smallest absolute Gasteiger partial charge is 0.244 e. The standard InChI is InChI=1S/C27H27FN6O2/c1-19-11-12-29-24(17-19)32-13-15-33(16-14-32)25(35)18-34-27(21-5-9-23(36-2)10-6-21)30-26(31-34)20-3-7-22(28)8-4-20/h3-12,17H,13-16,18H2,1-2H3. The Balaban J connectivity index is 1.35. The van der Waals surface area contributed by atoms with Crippen molar-refractivity contribution < 1.29 is 13.9 Å². The molecule has 2 aromatic heterocycles. The lowest BCUT2D eigenvalue weighted by atomic mass is 10.2. The number of methoxy groups -OCH3 is 1. The third kappa shape index (κ3) is 5.05. The normalized spacial score (nSPS) is 13.6. The molecule has 0 spiro atoms. The number of hydrogen-bond donors (Lipinski definition) is 0.